The SMILES string of the molecule is COC(=O)Nc1cccc2c1CCC2=O. The highest BCUT2D eigenvalue weighted by Crippen LogP contribution is 2.28. The van der Waals surface area contributed by atoms with Gasteiger partial charge < -0.3 is 4.74 Å². The maximum atomic E-state index is 11.4. The number of hydrogen-bond acceptors (Lipinski definition) is 3. The second-order valence-electron chi connectivity index (χ2n) is 3.37. The molecule has 1 aromatic carbocycles. The molecule has 0 saturated heterocycles. The van der Waals surface area contributed by atoms with Crippen molar-refractivity contribution in [2.75, 3.05) is 12.4 Å². The molecule has 0 bridgehead atoms. The maximum Gasteiger partial charge on any atom is 0.411 e. The summed E-state index contributed by atoms with van der Waals surface area (Å²) in [6, 6.07) is 5.31. The molecule has 1 amide bonds. The lowest BCUT2D eigenvalue weighted by atomic mass is 10.1. The Labute approximate surface area is 87.2 Å². The Morgan fingerprint density at radius 2 is 2.20 bits per heavy atom. The van der Waals surface area contributed by atoms with Crippen LogP contribution in [0.4, 0.5) is 10.5 Å². The number of Topliss-reactive ketones (excluding diaryl/α,β-unsaturated/α-hetero) is 1. The van der Waals surface area contributed by atoms with Crippen molar-refractivity contribution in [3.8, 4) is 0 Å². The fourth-order valence-electron chi connectivity index (χ4n) is 1.77. The van der Waals surface area contributed by atoms with E-state index in [0.29, 0.717) is 24.1 Å². The molecule has 1 N–H and O–H groups in total. The molecule has 1 aliphatic rings. The van der Waals surface area contributed by atoms with E-state index in [1.165, 1.54) is 7.11 Å². The number of anilines is 1. The number of nitrogens with one attached hydrogen (secondary N) is 1. The first-order valence-electron chi connectivity index (χ1n) is 4.72. The van der Waals surface area contributed by atoms with Gasteiger partial charge in [0.25, 0.3) is 0 Å². The second kappa shape index (κ2) is 3.73. The third-order valence-corrected chi connectivity index (χ3v) is 2.50. The van der Waals surface area contributed by atoms with Crippen molar-refractivity contribution < 1.29 is 14.3 Å². The molecule has 4 nitrogen and oxygen atoms in total. The first-order valence-corrected chi connectivity index (χ1v) is 4.72. The highest BCUT2D eigenvalue weighted by atomic mass is 16.5. The molecule has 2 rings (SSSR count). The summed E-state index contributed by atoms with van der Waals surface area (Å²) in [6.45, 7) is 0. The fraction of sp³-hybridized carbons (Fsp3) is 0.273. The summed E-state index contributed by atoms with van der Waals surface area (Å²) < 4.78 is 4.51. The summed E-state index contributed by atoms with van der Waals surface area (Å²) in [5.41, 5.74) is 2.29. The lowest BCUT2D eigenvalue weighted by molar-refractivity contribution is 0.0994. The van der Waals surface area contributed by atoms with Gasteiger partial charge >= 0.3 is 6.09 Å². The average molecular weight is 205 g/mol. The van der Waals surface area contributed by atoms with Gasteiger partial charge in [-0.3, -0.25) is 10.1 Å². The van der Waals surface area contributed by atoms with Crippen molar-refractivity contribution in [1.29, 1.82) is 0 Å². The van der Waals surface area contributed by atoms with Crippen LogP contribution in [0.25, 0.3) is 0 Å². The van der Waals surface area contributed by atoms with Crippen LogP contribution in [-0.2, 0) is 11.2 Å². The minimum absolute atomic E-state index is 0.138. The molecule has 1 aliphatic carbocycles. The van der Waals surface area contributed by atoms with Gasteiger partial charge in [-0.1, -0.05) is 12.1 Å². The summed E-state index contributed by atoms with van der Waals surface area (Å²) in [5, 5.41) is 2.60. The van der Waals surface area contributed by atoms with E-state index in [4.69, 9.17) is 0 Å². The van der Waals surface area contributed by atoms with Crippen molar-refractivity contribution in [2.45, 2.75) is 12.8 Å². The molecule has 0 radical (unpaired) electrons. The molecule has 15 heavy (non-hydrogen) atoms. The van der Waals surface area contributed by atoms with Crippen LogP contribution < -0.4 is 5.32 Å². The number of rotatable bonds is 1. The van der Waals surface area contributed by atoms with Crippen LogP contribution in [0.1, 0.15) is 22.3 Å². The Bertz CT molecular complexity index is 426. The van der Waals surface area contributed by atoms with Crippen molar-refractivity contribution >= 4 is 17.6 Å². The minimum atomic E-state index is -0.511. The molecular weight excluding hydrogens is 194 g/mol. The van der Waals surface area contributed by atoms with Crippen molar-refractivity contribution in [1.82, 2.24) is 0 Å². The van der Waals surface area contributed by atoms with Crippen LogP contribution in [-0.4, -0.2) is 19.0 Å². The molecule has 0 heterocycles. The van der Waals surface area contributed by atoms with E-state index in [0.717, 1.165) is 5.56 Å². The van der Waals surface area contributed by atoms with Crippen molar-refractivity contribution in [3.05, 3.63) is 29.3 Å². The highest BCUT2D eigenvalue weighted by Gasteiger charge is 2.22. The molecule has 0 saturated carbocycles. The Hall–Kier alpha value is -1.84. The molecule has 0 unspecified atom stereocenters. The van der Waals surface area contributed by atoms with Crippen LogP contribution in [0, 0.1) is 0 Å². The number of hydrogen-bond donors (Lipinski definition) is 1. The molecule has 78 valence electrons. The molecular formula is C11H11NO3. The van der Waals surface area contributed by atoms with E-state index in [1.807, 2.05) is 0 Å². The Morgan fingerprint density at radius 1 is 1.40 bits per heavy atom. The first kappa shape index (κ1) is 9.71. The number of benzene rings is 1. The zero-order valence-electron chi connectivity index (χ0n) is 8.37. The Morgan fingerprint density at radius 3 is 2.93 bits per heavy atom. The van der Waals surface area contributed by atoms with Gasteiger partial charge in [0, 0.05) is 17.7 Å². The van der Waals surface area contributed by atoms with E-state index in [1.54, 1.807) is 18.2 Å². The van der Waals surface area contributed by atoms with E-state index >= 15 is 0 Å². The van der Waals surface area contributed by atoms with E-state index < -0.39 is 6.09 Å². The topological polar surface area (TPSA) is 55.4 Å². The number of ketones is 1. The molecule has 0 aromatic heterocycles. The molecule has 0 atom stereocenters. The quantitative estimate of drug-likeness (QED) is 0.762. The lowest BCUT2D eigenvalue weighted by Crippen LogP contribution is -2.12. The summed E-state index contributed by atoms with van der Waals surface area (Å²) in [4.78, 5) is 22.5. The van der Waals surface area contributed by atoms with Gasteiger partial charge in [0.1, 0.15) is 0 Å². The van der Waals surface area contributed by atoms with Crippen LogP contribution in [0.2, 0.25) is 0 Å². The summed E-state index contributed by atoms with van der Waals surface area (Å²) in [5.74, 6) is 0.138. The van der Waals surface area contributed by atoms with E-state index in [9.17, 15) is 9.59 Å². The van der Waals surface area contributed by atoms with Gasteiger partial charge in [-0.25, -0.2) is 4.79 Å². The number of methoxy groups -OCH3 is 1. The number of carbonyl (C=O) groups excluding carboxylic acids is 2. The van der Waals surface area contributed by atoms with Crippen LogP contribution in [0.15, 0.2) is 18.2 Å². The summed E-state index contributed by atoms with van der Waals surface area (Å²) >= 11 is 0. The second-order valence-corrected chi connectivity index (χ2v) is 3.37. The third kappa shape index (κ3) is 1.70. The first-order chi connectivity index (χ1) is 7.22. The molecule has 0 aliphatic heterocycles. The summed E-state index contributed by atoms with van der Waals surface area (Å²) in [6.07, 6.45) is 0.700. The predicted octanol–water partition coefficient (Wildman–Crippen LogP) is 1.99. The molecule has 0 spiro atoms. The predicted molar refractivity (Wildman–Crippen MR) is 55.1 cm³/mol. The maximum absolute atomic E-state index is 11.4. The van der Waals surface area contributed by atoms with Crippen LogP contribution >= 0.6 is 0 Å². The lowest BCUT2D eigenvalue weighted by Gasteiger charge is -2.07. The van der Waals surface area contributed by atoms with Gasteiger partial charge in [-0.05, 0) is 18.1 Å². The largest absolute Gasteiger partial charge is 0.453 e. The number of fused-ring (bicyclic) bond motifs is 1. The number of carbonyl (C=O) groups is 2. The molecule has 4 heteroatoms. The van der Waals surface area contributed by atoms with Crippen molar-refractivity contribution in [2.24, 2.45) is 0 Å². The summed E-state index contributed by atoms with van der Waals surface area (Å²) in [7, 11) is 1.31. The van der Waals surface area contributed by atoms with Crippen LogP contribution in [0.3, 0.4) is 0 Å². The number of amides is 1. The van der Waals surface area contributed by atoms with Gasteiger partial charge in [0.15, 0.2) is 5.78 Å². The minimum Gasteiger partial charge on any atom is -0.453 e. The number of ether oxygens (including phenoxy) is 1. The van der Waals surface area contributed by atoms with E-state index in [-0.39, 0.29) is 5.78 Å². The monoisotopic (exact) mass is 205 g/mol. The molecule has 1 aromatic rings. The van der Waals surface area contributed by atoms with Crippen molar-refractivity contribution in [3.63, 3.8) is 0 Å². The Kier molecular flexibility index (Phi) is 2.41. The molecule has 0 fully saturated rings. The third-order valence-electron chi connectivity index (χ3n) is 2.50. The fourth-order valence-corrected chi connectivity index (χ4v) is 1.77. The van der Waals surface area contributed by atoms with Gasteiger partial charge in [-0.15, -0.1) is 0 Å². The standard InChI is InChI=1S/C11H11NO3/c1-15-11(14)12-9-4-2-3-8-7(9)5-6-10(8)13/h2-4H,5-6H2,1H3,(H,12,14). The van der Waals surface area contributed by atoms with Crippen LogP contribution in [0.5, 0.6) is 0 Å². The van der Waals surface area contributed by atoms with E-state index in [2.05, 4.69) is 10.1 Å². The normalized spacial score (nSPS) is 13.5. The smallest absolute Gasteiger partial charge is 0.411 e. The zero-order chi connectivity index (χ0) is 10.8. The van der Waals surface area contributed by atoms with Gasteiger partial charge in [0.05, 0.1) is 7.11 Å². The van der Waals surface area contributed by atoms with Gasteiger partial charge in [-0.2, -0.15) is 0 Å². The average Bonchev–Trinajstić information content (AvgIpc) is 2.62. The zero-order valence-corrected chi connectivity index (χ0v) is 8.37. The van der Waals surface area contributed by atoms with Gasteiger partial charge in [0.2, 0.25) is 0 Å². The Balaban J connectivity index is 2.34. The highest BCUT2D eigenvalue weighted by molar-refractivity contribution is 6.03.